The number of hydrogen-bond donors (Lipinski definition) is 1. The molecule has 1 aromatic carbocycles. The van der Waals surface area contributed by atoms with Gasteiger partial charge in [-0.05, 0) is 25.0 Å². The summed E-state index contributed by atoms with van der Waals surface area (Å²) in [6, 6.07) is 12.1. The van der Waals surface area contributed by atoms with Crippen LogP contribution in [0.4, 0.5) is 0 Å². The van der Waals surface area contributed by atoms with Gasteiger partial charge in [-0.25, -0.2) is 0 Å². The van der Waals surface area contributed by atoms with Crippen LogP contribution in [-0.4, -0.2) is 29.4 Å². The standard InChI is InChI=1S/C16H19NO2/c18-16(13-5-3-9-19-11-13)10-14-8-7-12-4-1-2-6-15(12)17-14/h1-2,4,6-8,13,16,18H,3,5,9-11H2. The van der Waals surface area contributed by atoms with Crippen molar-refractivity contribution in [2.45, 2.75) is 25.4 Å². The van der Waals surface area contributed by atoms with Gasteiger partial charge >= 0.3 is 0 Å². The number of pyridine rings is 1. The molecule has 2 heterocycles. The minimum absolute atomic E-state index is 0.252. The van der Waals surface area contributed by atoms with Gasteiger partial charge in [0.15, 0.2) is 0 Å². The van der Waals surface area contributed by atoms with Crippen molar-refractivity contribution in [3.63, 3.8) is 0 Å². The molecule has 1 aromatic heterocycles. The summed E-state index contributed by atoms with van der Waals surface area (Å²) < 4.78 is 5.43. The lowest BCUT2D eigenvalue weighted by Crippen LogP contribution is -2.30. The fourth-order valence-electron chi connectivity index (χ4n) is 2.67. The van der Waals surface area contributed by atoms with Gasteiger partial charge in [-0.1, -0.05) is 24.3 Å². The Morgan fingerprint density at radius 2 is 2.16 bits per heavy atom. The highest BCUT2D eigenvalue weighted by Gasteiger charge is 2.22. The van der Waals surface area contributed by atoms with Gasteiger partial charge in [0.05, 0.1) is 18.2 Å². The summed E-state index contributed by atoms with van der Waals surface area (Å²) in [6.07, 6.45) is 2.36. The molecule has 0 spiro atoms. The number of fused-ring (bicyclic) bond motifs is 1. The summed E-state index contributed by atoms with van der Waals surface area (Å²) in [5, 5.41) is 11.4. The third-order valence-electron chi connectivity index (χ3n) is 3.81. The van der Waals surface area contributed by atoms with E-state index >= 15 is 0 Å². The third-order valence-corrected chi connectivity index (χ3v) is 3.81. The molecule has 100 valence electrons. The minimum atomic E-state index is -0.353. The molecular formula is C16H19NO2. The SMILES string of the molecule is OC(Cc1ccc2ccccc2n1)C1CCCOC1. The van der Waals surface area contributed by atoms with Crippen molar-refractivity contribution in [2.24, 2.45) is 5.92 Å². The Bertz CT molecular complexity index is 549. The van der Waals surface area contributed by atoms with E-state index in [0.717, 1.165) is 36.0 Å². The number of para-hydroxylation sites is 1. The number of benzene rings is 1. The highest BCUT2D eigenvalue weighted by molar-refractivity contribution is 5.78. The summed E-state index contributed by atoms with van der Waals surface area (Å²) in [4.78, 5) is 4.61. The molecule has 3 rings (SSSR count). The van der Waals surface area contributed by atoms with Gasteiger partial charge in [0.1, 0.15) is 0 Å². The van der Waals surface area contributed by atoms with Crippen molar-refractivity contribution in [1.29, 1.82) is 0 Å². The predicted molar refractivity (Wildman–Crippen MR) is 75.0 cm³/mol. The number of aliphatic hydroxyl groups excluding tert-OH is 1. The molecule has 2 unspecified atom stereocenters. The van der Waals surface area contributed by atoms with Gasteiger partial charge < -0.3 is 9.84 Å². The van der Waals surface area contributed by atoms with Gasteiger partial charge in [0, 0.05) is 30.0 Å². The molecule has 2 atom stereocenters. The fraction of sp³-hybridized carbons (Fsp3) is 0.438. The smallest absolute Gasteiger partial charge is 0.0705 e. The summed E-state index contributed by atoms with van der Waals surface area (Å²) >= 11 is 0. The molecule has 3 nitrogen and oxygen atoms in total. The van der Waals surface area contributed by atoms with Gasteiger partial charge in [-0.2, -0.15) is 0 Å². The van der Waals surface area contributed by atoms with E-state index in [1.807, 2.05) is 24.3 Å². The van der Waals surface area contributed by atoms with Crippen molar-refractivity contribution in [3.8, 4) is 0 Å². The second-order valence-electron chi connectivity index (χ2n) is 5.24. The Hall–Kier alpha value is -1.45. The lowest BCUT2D eigenvalue weighted by molar-refractivity contribution is -0.00876. The first-order valence-electron chi connectivity index (χ1n) is 6.93. The minimum Gasteiger partial charge on any atom is -0.392 e. The zero-order valence-corrected chi connectivity index (χ0v) is 11.0. The van der Waals surface area contributed by atoms with Crippen molar-refractivity contribution in [1.82, 2.24) is 4.98 Å². The average Bonchev–Trinajstić information content (AvgIpc) is 2.48. The fourth-order valence-corrected chi connectivity index (χ4v) is 2.67. The molecule has 0 amide bonds. The van der Waals surface area contributed by atoms with E-state index in [0.29, 0.717) is 13.0 Å². The van der Waals surface area contributed by atoms with Crippen LogP contribution in [0.15, 0.2) is 36.4 Å². The van der Waals surface area contributed by atoms with Crippen LogP contribution in [0.1, 0.15) is 18.5 Å². The van der Waals surface area contributed by atoms with Gasteiger partial charge in [-0.3, -0.25) is 4.98 Å². The Kier molecular flexibility index (Phi) is 3.76. The lowest BCUT2D eigenvalue weighted by Gasteiger charge is -2.26. The quantitative estimate of drug-likeness (QED) is 0.919. The first kappa shape index (κ1) is 12.6. The van der Waals surface area contributed by atoms with Crippen LogP contribution in [0.5, 0.6) is 0 Å². The number of nitrogens with zero attached hydrogens (tertiary/aromatic N) is 1. The van der Waals surface area contributed by atoms with Crippen molar-refractivity contribution in [2.75, 3.05) is 13.2 Å². The first-order valence-corrected chi connectivity index (χ1v) is 6.93. The van der Waals surface area contributed by atoms with Gasteiger partial charge in [-0.15, -0.1) is 0 Å². The largest absolute Gasteiger partial charge is 0.392 e. The molecular weight excluding hydrogens is 238 g/mol. The third kappa shape index (κ3) is 2.94. The van der Waals surface area contributed by atoms with Crippen LogP contribution in [-0.2, 0) is 11.2 Å². The number of rotatable bonds is 3. The van der Waals surface area contributed by atoms with Crippen LogP contribution in [0.3, 0.4) is 0 Å². The second-order valence-corrected chi connectivity index (χ2v) is 5.24. The van der Waals surface area contributed by atoms with Crippen LogP contribution in [0.2, 0.25) is 0 Å². The van der Waals surface area contributed by atoms with Gasteiger partial charge in [0.25, 0.3) is 0 Å². The summed E-state index contributed by atoms with van der Waals surface area (Å²) in [5.74, 6) is 0.252. The van der Waals surface area contributed by atoms with Gasteiger partial charge in [0.2, 0.25) is 0 Å². The zero-order chi connectivity index (χ0) is 13.1. The predicted octanol–water partition coefficient (Wildman–Crippen LogP) is 2.56. The molecule has 0 radical (unpaired) electrons. The van der Waals surface area contributed by atoms with E-state index in [2.05, 4.69) is 17.1 Å². The topological polar surface area (TPSA) is 42.4 Å². The van der Waals surface area contributed by atoms with Crippen LogP contribution < -0.4 is 0 Å². The second kappa shape index (κ2) is 5.68. The summed E-state index contributed by atoms with van der Waals surface area (Å²) in [6.45, 7) is 1.51. The van der Waals surface area contributed by atoms with Crippen LogP contribution in [0, 0.1) is 5.92 Å². The number of hydrogen-bond acceptors (Lipinski definition) is 3. The average molecular weight is 257 g/mol. The maximum absolute atomic E-state index is 10.3. The lowest BCUT2D eigenvalue weighted by atomic mass is 9.93. The molecule has 1 aliphatic heterocycles. The maximum Gasteiger partial charge on any atom is 0.0705 e. The van der Waals surface area contributed by atoms with E-state index < -0.39 is 0 Å². The zero-order valence-electron chi connectivity index (χ0n) is 11.0. The summed E-state index contributed by atoms with van der Waals surface area (Å²) in [7, 11) is 0. The van der Waals surface area contributed by atoms with E-state index in [9.17, 15) is 5.11 Å². The summed E-state index contributed by atoms with van der Waals surface area (Å²) in [5.41, 5.74) is 1.95. The molecule has 1 saturated heterocycles. The molecule has 1 fully saturated rings. The maximum atomic E-state index is 10.3. The molecule has 2 aromatic rings. The number of aliphatic hydroxyl groups is 1. The molecule has 0 bridgehead atoms. The normalized spacial score (nSPS) is 21.4. The Balaban J connectivity index is 1.73. The molecule has 19 heavy (non-hydrogen) atoms. The highest BCUT2D eigenvalue weighted by atomic mass is 16.5. The molecule has 0 saturated carbocycles. The monoisotopic (exact) mass is 257 g/mol. The van der Waals surface area contributed by atoms with E-state index in [4.69, 9.17) is 4.74 Å². The first-order chi connectivity index (χ1) is 9.33. The van der Waals surface area contributed by atoms with Crippen LogP contribution in [0.25, 0.3) is 10.9 Å². The van der Waals surface area contributed by atoms with E-state index in [1.165, 1.54) is 0 Å². The van der Waals surface area contributed by atoms with Crippen molar-refractivity contribution >= 4 is 10.9 Å². The highest BCUT2D eigenvalue weighted by Crippen LogP contribution is 2.20. The van der Waals surface area contributed by atoms with Crippen molar-refractivity contribution in [3.05, 3.63) is 42.1 Å². The van der Waals surface area contributed by atoms with Crippen LogP contribution >= 0.6 is 0 Å². The Morgan fingerprint density at radius 3 is 3.00 bits per heavy atom. The molecule has 3 heteroatoms. The molecule has 1 aliphatic rings. The Morgan fingerprint density at radius 1 is 1.26 bits per heavy atom. The Labute approximate surface area is 113 Å². The van der Waals surface area contributed by atoms with E-state index in [-0.39, 0.29) is 12.0 Å². The van der Waals surface area contributed by atoms with E-state index in [1.54, 1.807) is 0 Å². The molecule has 1 N–H and O–H groups in total. The van der Waals surface area contributed by atoms with Crippen molar-refractivity contribution < 1.29 is 9.84 Å². The number of ether oxygens (including phenoxy) is 1. The molecule has 0 aliphatic carbocycles. The number of aromatic nitrogens is 1.